The Morgan fingerprint density at radius 3 is 2.50 bits per heavy atom. The van der Waals surface area contributed by atoms with Gasteiger partial charge in [-0.3, -0.25) is 14.3 Å². The maximum atomic E-state index is 12.8. The molecule has 3 aromatic heterocycles. The van der Waals surface area contributed by atoms with Crippen molar-refractivity contribution in [3.8, 4) is 27.4 Å². The summed E-state index contributed by atoms with van der Waals surface area (Å²) in [5.74, 6) is -0.935. The summed E-state index contributed by atoms with van der Waals surface area (Å²) in [6.07, 6.45) is 0. The van der Waals surface area contributed by atoms with Crippen molar-refractivity contribution in [2.45, 2.75) is 6.92 Å². The van der Waals surface area contributed by atoms with Crippen LogP contribution in [-0.4, -0.2) is 32.7 Å². The monoisotopic (exact) mass is 489 g/mol. The van der Waals surface area contributed by atoms with E-state index in [-0.39, 0.29) is 16.7 Å². The van der Waals surface area contributed by atoms with Crippen LogP contribution in [0.5, 0.6) is 5.75 Å². The van der Waals surface area contributed by atoms with Crippen LogP contribution in [0.1, 0.15) is 15.2 Å². The van der Waals surface area contributed by atoms with Crippen LogP contribution < -0.4 is 11.2 Å². The zero-order chi connectivity index (χ0) is 21.7. The first kappa shape index (κ1) is 20.2. The SMILES string of the molecule is COC(=O)c1c(C)sc(-c2c(-c3ccc(Br)cc3)[nH]c3c2c(=O)[nH]c(=O)n3C)c1O. The summed E-state index contributed by atoms with van der Waals surface area (Å²) in [4.78, 5) is 43.4. The van der Waals surface area contributed by atoms with Gasteiger partial charge in [0.2, 0.25) is 0 Å². The van der Waals surface area contributed by atoms with Crippen molar-refractivity contribution >= 4 is 44.3 Å². The number of aromatic amines is 2. The molecular formula is C20H16BrN3O5S. The molecule has 30 heavy (non-hydrogen) atoms. The van der Waals surface area contributed by atoms with E-state index in [1.807, 2.05) is 24.3 Å². The number of carbonyl (C=O) groups excluding carboxylic acids is 1. The number of ether oxygens (including phenoxy) is 1. The highest BCUT2D eigenvalue weighted by Gasteiger charge is 2.28. The number of fused-ring (bicyclic) bond motifs is 1. The molecule has 154 valence electrons. The van der Waals surface area contributed by atoms with E-state index in [4.69, 9.17) is 4.74 Å². The van der Waals surface area contributed by atoms with E-state index in [1.165, 1.54) is 30.1 Å². The van der Waals surface area contributed by atoms with Gasteiger partial charge in [0.25, 0.3) is 5.56 Å². The van der Waals surface area contributed by atoms with Crippen LogP contribution in [0.4, 0.5) is 0 Å². The van der Waals surface area contributed by atoms with Crippen LogP contribution in [0.25, 0.3) is 32.7 Å². The number of thiophene rings is 1. The molecule has 0 aliphatic heterocycles. The fourth-order valence-electron chi connectivity index (χ4n) is 3.41. The quantitative estimate of drug-likeness (QED) is 0.380. The predicted octanol–water partition coefficient (Wildman–Crippen LogP) is 3.51. The van der Waals surface area contributed by atoms with Crippen molar-refractivity contribution in [1.82, 2.24) is 14.5 Å². The second-order valence-corrected chi connectivity index (χ2v) is 8.77. The number of H-pyrrole nitrogens is 2. The summed E-state index contributed by atoms with van der Waals surface area (Å²) in [6.45, 7) is 1.69. The largest absolute Gasteiger partial charge is 0.505 e. The molecule has 0 atom stereocenters. The number of nitrogens with one attached hydrogen (secondary N) is 2. The van der Waals surface area contributed by atoms with Crippen LogP contribution in [-0.2, 0) is 11.8 Å². The molecule has 0 aliphatic rings. The van der Waals surface area contributed by atoms with Gasteiger partial charge in [0.15, 0.2) is 0 Å². The smallest absolute Gasteiger partial charge is 0.342 e. The minimum Gasteiger partial charge on any atom is -0.505 e. The first-order valence-electron chi connectivity index (χ1n) is 8.76. The number of aromatic nitrogens is 3. The summed E-state index contributed by atoms with van der Waals surface area (Å²) in [7, 11) is 2.77. The molecule has 0 radical (unpaired) electrons. The maximum Gasteiger partial charge on any atom is 0.342 e. The van der Waals surface area contributed by atoms with E-state index >= 15 is 0 Å². The lowest BCUT2D eigenvalue weighted by Gasteiger charge is -2.05. The van der Waals surface area contributed by atoms with Gasteiger partial charge in [-0.05, 0) is 24.6 Å². The van der Waals surface area contributed by atoms with Gasteiger partial charge in [0, 0.05) is 22.0 Å². The second kappa shape index (κ2) is 7.29. The van der Waals surface area contributed by atoms with Gasteiger partial charge in [0.05, 0.1) is 23.1 Å². The summed E-state index contributed by atoms with van der Waals surface area (Å²) in [5, 5.41) is 11.1. The number of methoxy groups -OCH3 is 1. The predicted molar refractivity (Wildman–Crippen MR) is 118 cm³/mol. The fraction of sp³-hybridized carbons (Fsp3) is 0.150. The number of rotatable bonds is 3. The molecule has 0 unspecified atom stereocenters. The molecule has 4 rings (SSSR count). The van der Waals surface area contributed by atoms with Gasteiger partial charge in [-0.15, -0.1) is 11.3 Å². The Balaban J connectivity index is 2.16. The molecule has 0 saturated carbocycles. The molecule has 10 heteroatoms. The highest BCUT2D eigenvalue weighted by Crippen LogP contribution is 2.47. The normalized spacial score (nSPS) is 11.2. The van der Waals surface area contributed by atoms with Crippen molar-refractivity contribution in [2.24, 2.45) is 7.05 Å². The molecule has 0 spiro atoms. The van der Waals surface area contributed by atoms with E-state index in [1.54, 1.807) is 6.92 Å². The summed E-state index contributed by atoms with van der Waals surface area (Å²) >= 11 is 4.56. The zero-order valence-corrected chi connectivity index (χ0v) is 18.5. The summed E-state index contributed by atoms with van der Waals surface area (Å²) in [6, 6.07) is 7.35. The molecule has 0 amide bonds. The number of carbonyl (C=O) groups is 1. The third-order valence-electron chi connectivity index (χ3n) is 4.88. The minimum atomic E-state index is -0.668. The lowest BCUT2D eigenvalue weighted by molar-refractivity contribution is 0.0597. The number of hydrogen-bond donors (Lipinski definition) is 3. The van der Waals surface area contributed by atoms with E-state index in [2.05, 4.69) is 25.9 Å². The summed E-state index contributed by atoms with van der Waals surface area (Å²) in [5.41, 5.74) is 0.886. The molecule has 3 N–H and O–H groups in total. The Bertz CT molecular complexity index is 1430. The highest BCUT2D eigenvalue weighted by atomic mass is 79.9. The number of benzene rings is 1. The molecule has 0 bridgehead atoms. The first-order valence-corrected chi connectivity index (χ1v) is 10.4. The van der Waals surface area contributed by atoms with Crippen molar-refractivity contribution in [3.05, 3.63) is 60.0 Å². The molecule has 4 aromatic rings. The van der Waals surface area contributed by atoms with Crippen LogP contribution in [0.2, 0.25) is 0 Å². The average molecular weight is 490 g/mol. The Kier molecular flexibility index (Phi) is 4.91. The van der Waals surface area contributed by atoms with E-state index in [0.717, 1.165) is 10.0 Å². The Labute approximate surface area is 181 Å². The number of hydrogen-bond acceptors (Lipinski definition) is 6. The number of nitrogens with zero attached hydrogens (tertiary/aromatic N) is 1. The average Bonchev–Trinajstić information content (AvgIpc) is 3.24. The van der Waals surface area contributed by atoms with Crippen LogP contribution in [0.15, 0.2) is 38.3 Å². The van der Waals surface area contributed by atoms with Gasteiger partial charge in [-0.2, -0.15) is 0 Å². The molecule has 1 aromatic carbocycles. The maximum absolute atomic E-state index is 12.8. The first-order chi connectivity index (χ1) is 14.2. The minimum absolute atomic E-state index is 0.0508. The van der Waals surface area contributed by atoms with Crippen molar-refractivity contribution < 1.29 is 14.6 Å². The molecule has 3 heterocycles. The third kappa shape index (κ3) is 2.99. The van der Waals surface area contributed by atoms with Gasteiger partial charge in [0.1, 0.15) is 17.0 Å². The zero-order valence-electron chi connectivity index (χ0n) is 16.1. The van der Waals surface area contributed by atoms with Crippen LogP contribution >= 0.6 is 27.3 Å². The topological polar surface area (TPSA) is 117 Å². The van der Waals surface area contributed by atoms with Gasteiger partial charge in [-0.1, -0.05) is 28.1 Å². The molecule has 0 fully saturated rings. The highest BCUT2D eigenvalue weighted by molar-refractivity contribution is 9.10. The van der Waals surface area contributed by atoms with Gasteiger partial charge < -0.3 is 14.8 Å². The second-order valence-electron chi connectivity index (χ2n) is 6.63. The fourth-order valence-corrected chi connectivity index (χ4v) is 4.77. The van der Waals surface area contributed by atoms with E-state index in [0.29, 0.717) is 26.7 Å². The molecule has 8 nitrogen and oxygen atoms in total. The Morgan fingerprint density at radius 2 is 1.87 bits per heavy atom. The molecular weight excluding hydrogens is 474 g/mol. The Morgan fingerprint density at radius 1 is 1.20 bits per heavy atom. The van der Waals surface area contributed by atoms with Gasteiger partial charge in [-0.25, -0.2) is 9.59 Å². The third-order valence-corrected chi connectivity index (χ3v) is 6.52. The lowest BCUT2D eigenvalue weighted by Crippen LogP contribution is -2.28. The number of halogens is 1. The number of aryl methyl sites for hydroxylation is 2. The van der Waals surface area contributed by atoms with Crippen molar-refractivity contribution in [3.63, 3.8) is 0 Å². The van der Waals surface area contributed by atoms with Crippen LogP contribution in [0, 0.1) is 6.92 Å². The standard InChI is InChI=1S/C20H16BrN3O5S/c1-8-11(19(27)29-3)15(25)16(30-8)12-13-17(24(2)20(28)23-18(13)26)22-14(12)9-4-6-10(21)7-5-9/h4-7,22,25H,1-3H3,(H,23,26,28). The Hall–Kier alpha value is -3.11. The van der Waals surface area contributed by atoms with Gasteiger partial charge >= 0.3 is 11.7 Å². The van der Waals surface area contributed by atoms with E-state index in [9.17, 15) is 19.5 Å². The number of esters is 1. The summed E-state index contributed by atoms with van der Waals surface area (Å²) < 4.78 is 6.95. The number of aromatic hydroxyl groups is 1. The van der Waals surface area contributed by atoms with E-state index < -0.39 is 17.2 Å². The molecule has 0 saturated heterocycles. The van der Waals surface area contributed by atoms with Crippen molar-refractivity contribution in [2.75, 3.05) is 7.11 Å². The van der Waals surface area contributed by atoms with Crippen LogP contribution in [0.3, 0.4) is 0 Å². The van der Waals surface area contributed by atoms with Crippen molar-refractivity contribution in [1.29, 1.82) is 0 Å². The lowest BCUT2D eigenvalue weighted by atomic mass is 10.0. The molecule has 0 aliphatic carbocycles.